The zero-order chi connectivity index (χ0) is 6.69. The summed E-state index contributed by atoms with van der Waals surface area (Å²) in [7, 11) is 0. The number of nitrogens with zero attached hydrogens (tertiary/aromatic N) is 1. The van der Waals surface area contributed by atoms with Crippen LogP contribution in [-0.4, -0.2) is 35.6 Å². The van der Waals surface area contributed by atoms with Crippen LogP contribution in [0.4, 0.5) is 0 Å². The van der Waals surface area contributed by atoms with Crippen molar-refractivity contribution in [1.82, 2.24) is 4.90 Å². The number of aliphatic hydroxyl groups excluding tert-OH is 1. The smallest absolute Gasteiger partial charge is 0.137 e. The molecular formula is C6H11NO2. The molecule has 0 amide bonds. The van der Waals surface area contributed by atoms with Gasteiger partial charge in [0.1, 0.15) is 6.29 Å². The molecule has 1 heterocycles. The fourth-order valence-electron chi connectivity index (χ4n) is 1.18. The van der Waals surface area contributed by atoms with E-state index in [0.29, 0.717) is 0 Å². The van der Waals surface area contributed by atoms with Crippen LogP contribution < -0.4 is 0 Å². The van der Waals surface area contributed by atoms with Gasteiger partial charge in [0.25, 0.3) is 0 Å². The molecule has 52 valence electrons. The van der Waals surface area contributed by atoms with Gasteiger partial charge in [0.15, 0.2) is 0 Å². The van der Waals surface area contributed by atoms with Gasteiger partial charge in [-0.15, -0.1) is 0 Å². The first-order chi connectivity index (χ1) is 4.38. The summed E-state index contributed by atoms with van der Waals surface area (Å²) in [5.74, 6) is 0. The minimum Gasteiger partial charge on any atom is -0.381 e. The Morgan fingerprint density at radius 1 is 1.78 bits per heavy atom. The van der Waals surface area contributed by atoms with Gasteiger partial charge in [-0.25, -0.2) is 0 Å². The average Bonchev–Trinajstić information content (AvgIpc) is 2.33. The van der Waals surface area contributed by atoms with Crippen molar-refractivity contribution in [2.75, 3.05) is 13.3 Å². The third-order valence-electron chi connectivity index (χ3n) is 1.75. The van der Waals surface area contributed by atoms with Gasteiger partial charge in [0.2, 0.25) is 0 Å². The third kappa shape index (κ3) is 1.28. The Labute approximate surface area is 54.3 Å². The molecule has 1 aliphatic heterocycles. The molecule has 0 aliphatic carbocycles. The van der Waals surface area contributed by atoms with Crippen molar-refractivity contribution in [3.05, 3.63) is 0 Å². The van der Waals surface area contributed by atoms with E-state index in [4.69, 9.17) is 5.11 Å². The van der Waals surface area contributed by atoms with Gasteiger partial charge in [-0.05, 0) is 12.8 Å². The van der Waals surface area contributed by atoms with Crippen LogP contribution in [0.15, 0.2) is 0 Å². The summed E-state index contributed by atoms with van der Waals surface area (Å²) in [5, 5.41) is 8.63. The highest BCUT2D eigenvalue weighted by molar-refractivity contribution is 5.57. The molecule has 9 heavy (non-hydrogen) atoms. The maximum Gasteiger partial charge on any atom is 0.137 e. The second kappa shape index (κ2) is 2.94. The molecule has 3 nitrogen and oxygen atoms in total. The predicted octanol–water partition coefficient (Wildman–Crippen LogP) is -0.401. The van der Waals surface area contributed by atoms with Gasteiger partial charge in [-0.2, -0.15) is 0 Å². The lowest BCUT2D eigenvalue weighted by atomic mass is 10.2. The van der Waals surface area contributed by atoms with E-state index in [1.54, 1.807) is 4.90 Å². The molecule has 0 spiro atoms. The van der Waals surface area contributed by atoms with Gasteiger partial charge in [0.05, 0.1) is 12.8 Å². The van der Waals surface area contributed by atoms with Crippen molar-refractivity contribution in [2.24, 2.45) is 0 Å². The van der Waals surface area contributed by atoms with Crippen molar-refractivity contribution in [1.29, 1.82) is 0 Å². The van der Waals surface area contributed by atoms with Crippen molar-refractivity contribution in [2.45, 2.75) is 18.9 Å². The fourth-order valence-corrected chi connectivity index (χ4v) is 1.18. The third-order valence-corrected chi connectivity index (χ3v) is 1.75. The summed E-state index contributed by atoms with van der Waals surface area (Å²) in [5.41, 5.74) is 0. The molecule has 1 N–H and O–H groups in total. The summed E-state index contributed by atoms with van der Waals surface area (Å²) in [4.78, 5) is 12.0. The lowest BCUT2D eigenvalue weighted by Crippen LogP contribution is -2.31. The topological polar surface area (TPSA) is 40.5 Å². The molecule has 1 atom stereocenters. The van der Waals surface area contributed by atoms with Crippen LogP contribution in [0.3, 0.4) is 0 Å². The maximum absolute atomic E-state index is 10.2. The van der Waals surface area contributed by atoms with E-state index in [1.807, 2.05) is 0 Å². The highest BCUT2D eigenvalue weighted by Crippen LogP contribution is 2.13. The molecular weight excluding hydrogens is 118 g/mol. The Hall–Kier alpha value is -0.410. The molecule has 0 aromatic rings. The van der Waals surface area contributed by atoms with Crippen LogP contribution in [0.5, 0.6) is 0 Å². The number of aliphatic hydroxyl groups is 1. The molecule has 0 radical (unpaired) electrons. The standard InChI is InChI=1S/C6H11NO2/c8-4-6-2-1-3-7(6)5-9/h4,6,9H,1-3,5H2/t6-/m0/s1. The summed E-state index contributed by atoms with van der Waals surface area (Å²) in [6, 6.07) is -0.0185. The fraction of sp³-hybridized carbons (Fsp3) is 0.833. The quantitative estimate of drug-likeness (QED) is 0.516. The van der Waals surface area contributed by atoms with E-state index in [2.05, 4.69) is 0 Å². The van der Waals surface area contributed by atoms with Crippen LogP contribution in [0.25, 0.3) is 0 Å². The first kappa shape index (κ1) is 6.71. The van der Waals surface area contributed by atoms with Gasteiger partial charge >= 0.3 is 0 Å². The first-order valence-corrected chi connectivity index (χ1v) is 3.18. The van der Waals surface area contributed by atoms with Crippen molar-refractivity contribution in [3.63, 3.8) is 0 Å². The zero-order valence-electron chi connectivity index (χ0n) is 5.29. The maximum atomic E-state index is 10.2. The van der Waals surface area contributed by atoms with E-state index in [9.17, 15) is 4.79 Å². The molecule has 3 heteroatoms. The molecule has 1 rings (SSSR count). The van der Waals surface area contributed by atoms with Crippen LogP contribution in [0.2, 0.25) is 0 Å². The van der Waals surface area contributed by atoms with Gasteiger partial charge in [-0.3, -0.25) is 4.90 Å². The second-order valence-electron chi connectivity index (χ2n) is 2.30. The molecule has 1 aliphatic rings. The number of carbonyl (C=O) groups excluding carboxylic acids is 1. The van der Waals surface area contributed by atoms with E-state index in [0.717, 1.165) is 25.7 Å². The second-order valence-corrected chi connectivity index (χ2v) is 2.30. The number of likely N-dealkylation sites (tertiary alicyclic amines) is 1. The molecule has 0 aromatic heterocycles. The molecule has 0 aromatic carbocycles. The lowest BCUT2D eigenvalue weighted by molar-refractivity contribution is -0.112. The van der Waals surface area contributed by atoms with Crippen LogP contribution in [-0.2, 0) is 4.79 Å². The number of carbonyl (C=O) groups is 1. The van der Waals surface area contributed by atoms with E-state index >= 15 is 0 Å². The van der Waals surface area contributed by atoms with E-state index in [1.165, 1.54) is 0 Å². The van der Waals surface area contributed by atoms with Crippen molar-refractivity contribution in [3.8, 4) is 0 Å². The Balaban J connectivity index is 2.41. The van der Waals surface area contributed by atoms with E-state index < -0.39 is 0 Å². The van der Waals surface area contributed by atoms with Crippen molar-refractivity contribution >= 4 is 6.29 Å². The molecule has 1 saturated heterocycles. The van der Waals surface area contributed by atoms with Crippen LogP contribution in [0, 0.1) is 0 Å². The normalized spacial score (nSPS) is 28.8. The Morgan fingerprint density at radius 2 is 2.56 bits per heavy atom. The monoisotopic (exact) mass is 129 g/mol. The van der Waals surface area contributed by atoms with E-state index in [-0.39, 0.29) is 12.8 Å². The highest BCUT2D eigenvalue weighted by Gasteiger charge is 2.22. The van der Waals surface area contributed by atoms with Gasteiger partial charge in [0, 0.05) is 6.54 Å². The summed E-state index contributed by atoms with van der Waals surface area (Å²) >= 11 is 0. The minimum absolute atomic E-state index is 0.0173. The SMILES string of the molecule is O=C[C@@H]1CCCN1CO. The van der Waals surface area contributed by atoms with Crippen LogP contribution >= 0.6 is 0 Å². The Bertz CT molecular complexity index is 105. The summed E-state index contributed by atoms with van der Waals surface area (Å²) < 4.78 is 0. The Morgan fingerprint density at radius 3 is 3.00 bits per heavy atom. The summed E-state index contributed by atoms with van der Waals surface area (Å²) in [6.45, 7) is 0.878. The highest BCUT2D eigenvalue weighted by atomic mass is 16.3. The molecule has 0 saturated carbocycles. The minimum atomic E-state index is -0.0185. The van der Waals surface area contributed by atoms with Gasteiger partial charge < -0.3 is 9.90 Å². The number of rotatable bonds is 2. The zero-order valence-corrected chi connectivity index (χ0v) is 5.29. The molecule has 0 unspecified atom stereocenters. The Kier molecular flexibility index (Phi) is 2.19. The number of hydrogen-bond donors (Lipinski definition) is 1. The largest absolute Gasteiger partial charge is 0.381 e. The van der Waals surface area contributed by atoms with Crippen molar-refractivity contribution < 1.29 is 9.90 Å². The first-order valence-electron chi connectivity index (χ1n) is 3.18. The van der Waals surface area contributed by atoms with Crippen LogP contribution in [0.1, 0.15) is 12.8 Å². The molecule has 1 fully saturated rings. The summed E-state index contributed by atoms with van der Waals surface area (Å²) in [6.07, 6.45) is 2.84. The average molecular weight is 129 g/mol. The predicted molar refractivity (Wildman–Crippen MR) is 32.9 cm³/mol. The lowest BCUT2D eigenvalue weighted by Gasteiger charge is -2.14. The van der Waals surface area contributed by atoms with Gasteiger partial charge in [-0.1, -0.05) is 0 Å². The number of aldehydes is 1. The number of hydrogen-bond acceptors (Lipinski definition) is 3. The molecule has 0 bridgehead atoms.